The fraction of sp³-hybridized carbons (Fsp3) is 0.368. The van der Waals surface area contributed by atoms with Crippen molar-refractivity contribution in [1.29, 1.82) is 0 Å². The number of fused-ring (bicyclic) bond motifs is 3. The van der Waals surface area contributed by atoms with Gasteiger partial charge in [-0.3, -0.25) is 0 Å². The van der Waals surface area contributed by atoms with E-state index >= 15 is 0 Å². The first kappa shape index (κ1) is 15.4. The molecule has 0 saturated heterocycles. The Bertz CT molecular complexity index is 528. The van der Waals surface area contributed by atoms with Crippen LogP contribution < -0.4 is 18.9 Å². The van der Waals surface area contributed by atoms with Crippen molar-refractivity contribution in [2.75, 3.05) is 0 Å². The molecular formula is C19H21Li. The molecule has 2 aromatic rings. The second kappa shape index (κ2) is 6.66. The average Bonchev–Trinajstić information content (AvgIpc) is 2.79. The Balaban J connectivity index is 0.00000147. The summed E-state index contributed by atoms with van der Waals surface area (Å²) in [6.07, 6.45) is 3.91. The molecule has 3 rings (SSSR count). The van der Waals surface area contributed by atoms with Gasteiger partial charge in [-0.25, -0.2) is 0 Å². The molecule has 2 aromatic carbocycles. The average molecular weight is 256 g/mol. The first-order valence-electron chi connectivity index (χ1n) is 7.42. The van der Waals surface area contributed by atoms with E-state index in [4.69, 9.17) is 0 Å². The predicted molar refractivity (Wildman–Crippen MR) is 81.2 cm³/mol. The molecule has 0 aliphatic heterocycles. The maximum absolute atomic E-state index is 3.50. The minimum absolute atomic E-state index is 0. The Morgan fingerprint density at radius 2 is 1.85 bits per heavy atom. The van der Waals surface area contributed by atoms with E-state index in [2.05, 4.69) is 62.4 Å². The molecule has 0 bridgehead atoms. The van der Waals surface area contributed by atoms with Gasteiger partial charge in [0.2, 0.25) is 0 Å². The smallest absolute Gasteiger partial charge is 0.179 e. The van der Waals surface area contributed by atoms with Gasteiger partial charge < -0.3 is 0 Å². The summed E-state index contributed by atoms with van der Waals surface area (Å²) in [4.78, 5) is 0. The van der Waals surface area contributed by atoms with Crippen molar-refractivity contribution in [1.82, 2.24) is 0 Å². The van der Waals surface area contributed by atoms with Gasteiger partial charge in [-0.2, -0.15) is 24.3 Å². The van der Waals surface area contributed by atoms with Crippen molar-refractivity contribution >= 4 is 0 Å². The summed E-state index contributed by atoms with van der Waals surface area (Å²) in [5.41, 5.74) is 5.73. The molecule has 0 amide bonds. The zero-order chi connectivity index (χ0) is 13.2. The number of hydrogen-bond donors (Lipinski definition) is 0. The molecule has 0 radical (unpaired) electrons. The van der Waals surface area contributed by atoms with Crippen molar-refractivity contribution < 1.29 is 18.9 Å². The van der Waals surface area contributed by atoms with Crippen LogP contribution in [0.3, 0.4) is 0 Å². The minimum atomic E-state index is 0. The summed E-state index contributed by atoms with van der Waals surface area (Å²) in [5.74, 6) is 1.24. The Labute approximate surface area is 134 Å². The zero-order valence-corrected chi connectivity index (χ0v) is 12.8. The Morgan fingerprint density at radius 1 is 1.10 bits per heavy atom. The van der Waals surface area contributed by atoms with Crippen LogP contribution in [0.4, 0.5) is 0 Å². The van der Waals surface area contributed by atoms with Gasteiger partial charge in [0.15, 0.2) is 0 Å². The number of unbranched alkanes of at least 4 members (excludes halogenated alkanes) is 1. The topological polar surface area (TPSA) is 0 Å². The summed E-state index contributed by atoms with van der Waals surface area (Å²) in [7, 11) is 0. The van der Waals surface area contributed by atoms with Gasteiger partial charge in [-0.1, -0.05) is 56.5 Å². The van der Waals surface area contributed by atoms with Crippen molar-refractivity contribution in [2.24, 2.45) is 5.92 Å². The van der Waals surface area contributed by atoms with Crippen LogP contribution in [-0.2, 0) is 0 Å². The van der Waals surface area contributed by atoms with Gasteiger partial charge in [0, 0.05) is 0 Å². The van der Waals surface area contributed by atoms with Crippen LogP contribution in [0.5, 0.6) is 0 Å². The Morgan fingerprint density at radius 3 is 2.65 bits per heavy atom. The summed E-state index contributed by atoms with van der Waals surface area (Å²) in [5, 5.41) is 0. The maximum Gasteiger partial charge on any atom is 1.00 e. The first-order chi connectivity index (χ1) is 9.33. The van der Waals surface area contributed by atoms with Crippen molar-refractivity contribution in [3.05, 3.63) is 59.7 Å². The van der Waals surface area contributed by atoms with Crippen LogP contribution in [0.15, 0.2) is 42.5 Å². The zero-order valence-electron chi connectivity index (χ0n) is 12.8. The maximum atomic E-state index is 3.50. The molecule has 0 saturated carbocycles. The molecule has 0 nitrogen and oxygen atoms in total. The van der Waals surface area contributed by atoms with E-state index in [1.807, 2.05) is 0 Å². The van der Waals surface area contributed by atoms with Gasteiger partial charge in [-0.15, -0.1) is 11.1 Å². The van der Waals surface area contributed by atoms with Gasteiger partial charge in [0.25, 0.3) is 0 Å². The van der Waals surface area contributed by atoms with Gasteiger partial charge in [-0.05, 0) is 23.8 Å². The van der Waals surface area contributed by atoms with Crippen molar-refractivity contribution in [3.63, 3.8) is 0 Å². The fourth-order valence-corrected chi connectivity index (χ4v) is 3.39. The van der Waals surface area contributed by atoms with Crippen molar-refractivity contribution in [2.45, 2.75) is 39.0 Å². The molecule has 0 fully saturated rings. The summed E-state index contributed by atoms with van der Waals surface area (Å²) in [6, 6.07) is 18.8. The molecule has 0 heterocycles. The second-order valence-electron chi connectivity index (χ2n) is 5.68. The van der Waals surface area contributed by atoms with Crippen LogP contribution in [0.25, 0.3) is 11.1 Å². The number of benzene rings is 2. The predicted octanol–water partition coefficient (Wildman–Crippen LogP) is 2.43. The van der Waals surface area contributed by atoms with E-state index in [1.165, 1.54) is 41.5 Å². The molecule has 20 heavy (non-hydrogen) atoms. The fourth-order valence-electron chi connectivity index (χ4n) is 3.39. The van der Waals surface area contributed by atoms with E-state index < -0.39 is 0 Å². The van der Waals surface area contributed by atoms with Crippen LogP contribution >= 0.6 is 0 Å². The third-order valence-electron chi connectivity index (χ3n) is 4.37. The molecule has 2 atom stereocenters. The molecule has 1 aliphatic carbocycles. The Kier molecular flexibility index (Phi) is 5.14. The van der Waals surface area contributed by atoms with Crippen LogP contribution in [0.1, 0.15) is 50.2 Å². The Hall–Kier alpha value is -0.963. The minimum Gasteiger partial charge on any atom is -0.179 e. The third-order valence-corrected chi connectivity index (χ3v) is 4.37. The standard InChI is InChI=1S/C19H21.Li/c1-3-4-9-14(2)19-17-12-7-5-10-15(17)16-11-6-8-13-18(16)19;/h5-8,10-12,14,19H,3-4,9H2,1-2H3;/q-1;+1. The summed E-state index contributed by atoms with van der Waals surface area (Å²) < 4.78 is 0. The monoisotopic (exact) mass is 256 g/mol. The molecule has 1 heteroatoms. The second-order valence-corrected chi connectivity index (χ2v) is 5.68. The molecule has 0 spiro atoms. The van der Waals surface area contributed by atoms with Crippen LogP contribution in [0, 0.1) is 12.0 Å². The summed E-state index contributed by atoms with van der Waals surface area (Å²) >= 11 is 0. The molecule has 1 aliphatic rings. The van der Waals surface area contributed by atoms with E-state index in [0.717, 1.165) is 0 Å². The first-order valence-corrected chi connectivity index (χ1v) is 7.42. The molecule has 2 unspecified atom stereocenters. The third kappa shape index (κ3) is 2.60. The van der Waals surface area contributed by atoms with E-state index in [9.17, 15) is 0 Å². The van der Waals surface area contributed by atoms with E-state index in [1.54, 1.807) is 0 Å². The van der Waals surface area contributed by atoms with E-state index in [-0.39, 0.29) is 18.9 Å². The largest absolute Gasteiger partial charge is 1.00 e. The quantitative estimate of drug-likeness (QED) is 0.582. The van der Waals surface area contributed by atoms with Crippen LogP contribution in [0.2, 0.25) is 0 Å². The molecule has 0 aromatic heterocycles. The molecule has 0 N–H and O–H groups in total. The number of hydrogen-bond acceptors (Lipinski definition) is 0. The van der Waals surface area contributed by atoms with Crippen LogP contribution in [-0.4, -0.2) is 0 Å². The van der Waals surface area contributed by atoms with Crippen molar-refractivity contribution in [3.8, 4) is 11.1 Å². The van der Waals surface area contributed by atoms with Gasteiger partial charge >= 0.3 is 18.9 Å². The van der Waals surface area contributed by atoms with E-state index in [0.29, 0.717) is 11.8 Å². The normalized spacial score (nSPS) is 17.0. The number of rotatable bonds is 4. The van der Waals surface area contributed by atoms with Gasteiger partial charge in [0.1, 0.15) is 0 Å². The molecular weight excluding hydrogens is 235 g/mol. The summed E-state index contributed by atoms with van der Waals surface area (Å²) in [6.45, 7) is 4.67. The SMILES string of the molecule is CCCCC(C)C1c2[c-]cccc2-c2ccccc21.[Li+]. The van der Waals surface area contributed by atoms with Gasteiger partial charge in [0.05, 0.1) is 0 Å². The molecule has 98 valence electrons.